The average molecular weight is 306 g/mol. The van der Waals surface area contributed by atoms with E-state index < -0.39 is 23.0 Å². The zero-order valence-corrected chi connectivity index (χ0v) is 12.5. The molecule has 0 amide bonds. The molecule has 4 heteroatoms. The van der Waals surface area contributed by atoms with Gasteiger partial charge in [0.05, 0.1) is 6.61 Å². The van der Waals surface area contributed by atoms with Crippen LogP contribution >= 0.6 is 0 Å². The Morgan fingerprint density at radius 2 is 1.64 bits per heavy atom. The van der Waals surface area contributed by atoms with Crippen molar-refractivity contribution in [3.63, 3.8) is 0 Å². The Labute approximate surface area is 128 Å². The second-order valence-electron chi connectivity index (χ2n) is 4.75. The average Bonchev–Trinajstić information content (AvgIpc) is 2.54. The molecule has 0 bridgehead atoms. The summed E-state index contributed by atoms with van der Waals surface area (Å²) in [5.74, 6) is -2.87. The Hall–Kier alpha value is -2.23. The molecule has 2 rings (SSSR count). The lowest BCUT2D eigenvalue weighted by Gasteiger charge is -2.07. The summed E-state index contributed by atoms with van der Waals surface area (Å²) in [7, 11) is 0. The first-order valence-electron chi connectivity index (χ1n) is 7.14. The largest absolute Gasteiger partial charge is 0.494 e. The van der Waals surface area contributed by atoms with Crippen LogP contribution in [-0.2, 0) is 6.42 Å². The molecule has 22 heavy (non-hydrogen) atoms. The molecule has 1 nitrogen and oxygen atoms in total. The van der Waals surface area contributed by atoms with E-state index in [4.69, 9.17) is 4.74 Å². The van der Waals surface area contributed by atoms with Gasteiger partial charge >= 0.3 is 0 Å². The molecule has 0 fully saturated rings. The zero-order chi connectivity index (χ0) is 16.1. The van der Waals surface area contributed by atoms with Crippen LogP contribution in [0.3, 0.4) is 0 Å². The summed E-state index contributed by atoms with van der Waals surface area (Å²) in [6.45, 7) is 4.10. The van der Waals surface area contributed by atoms with Crippen LogP contribution < -0.4 is 4.74 Å². The molecule has 116 valence electrons. The summed E-state index contributed by atoms with van der Waals surface area (Å²) < 4.78 is 47.4. The highest BCUT2D eigenvalue weighted by Crippen LogP contribution is 2.31. The van der Waals surface area contributed by atoms with Gasteiger partial charge in [-0.15, -0.1) is 0 Å². The van der Waals surface area contributed by atoms with Crippen LogP contribution in [0.1, 0.15) is 30.5 Å². The van der Waals surface area contributed by atoms with Gasteiger partial charge in [0, 0.05) is 17.2 Å². The van der Waals surface area contributed by atoms with E-state index >= 15 is 0 Å². The number of hydrogen-bond donors (Lipinski definition) is 0. The highest BCUT2D eigenvalue weighted by molar-refractivity contribution is 5.83. The molecule has 0 aliphatic carbocycles. The van der Waals surface area contributed by atoms with Gasteiger partial charge in [0.15, 0.2) is 11.7 Å². The van der Waals surface area contributed by atoms with E-state index in [0.717, 1.165) is 18.1 Å². The molecule has 0 atom stereocenters. The van der Waals surface area contributed by atoms with Crippen molar-refractivity contribution in [2.24, 2.45) is 0 Å². The number of halogens is 3. The third-order valence-corrected chi connectivity index (χ3v) is 3.30. The quantitative estimate of drug-likeness (QED) is 0.658. The minimum absolute atomic E-state index is 0.0861. The van der Waals surface area contributed by atoms with Gasteiger partial charge in [-0.25, -0.2) is 13.2 Å². The number of benzene rings is 2. The van der Waals surface area contributed by atoms with Gasteiger partial charge in [-0.1, -0.05) is 31.2 Å². The molecule has 0 aromatic heterocycles. The fourth-order valence-electron chi connectivity index (χ4n) is 2.06. The Balaban J connectivity index is 2.37. The topological polar surface area (TPSA) is 9.23 Å². The third-order valence-electron chi connectivity index (χ3n) is 3.30. The summed E-state index contributed by atoms with van der Waals surface area (Å²) >= 11 is 0. The number of ether oxygens (including phenoxy) is 1. The van der Waals surface area contributed by atoms with Crippen molar-refractivity contribution in [1.82, 2.24) is 0 Å². The minimum atomic E-state index is -1.22. The van der Waals surface area contributed by atoms with Crippen LogP contribution in [0, 0.1) is 5.82 Å². The van der Waals surface area contributed by atoms with Crippen molar-refractivity contribution in [1.29, 1.82) is 0 Å². The maximum atomic E-state index is 14.2. The third kappa shape index (κ3) is 3.50. The van der Waals surface area contributed by atoms with E-state index in [9.17, 15) is 13.2 Å². The van der Waals surface area contributed by atoms with Gasteiger partial charge in [-0.2, -0.15) is 0 Å². The Bertz CT molecular complexity index is 675. The highest BCUT2D eigenvalue weighted by Gasteiger charge is 2.16. The Kier molecular flexibility index (Phi) is 5.26. The smallest absolute Gasteiger partial charge is 0.169 e. The van der Waals surface area contributed by atoms with Crippen molar-refractivity contribution >= 4 is 11.7 Å². The molecule has 0 unspecified atom stereocenters. The van der Waals surface area contributed by atoms with Gasteiger partial charge in [-0.3, -0.25) is 0 Å². The molecule has 0 saturated heterocycles. The van der Waals surface area contributed by atoms with Crippen molar-refractivity contribution < 1.29 is 17.9 Å². The van der Waals surface area contributed by atoms with Crippen LogP contribution in [0.15, 0.2) is 42.5 Å². The molecule has 0 N–H and O–H groups in total. The van der Waals surface area contributed by atoms with Gasteiger partial charge in [0.1, 0.15) is 11.6 Å². The number of hydrogen-bond acceptors (Lipinski definition) is 1. The van der Waals surface area contributed by atoms with Gasteiger partial charge < -0.3 is 4.74 Å². The second kappa shape index (κ2) is 7.16. The van der Waals surface area contributed by atoms with E-state index in [1.807, 2.05) is 6.92 Å². The summed E-state index contributed by atoms with van der Waals surface area (Å²) in [6.07, 6.45) is 0.807. The van der Waals surface area contributed by atoms with Crippen LogP contribution in [0.25, 0.3) is 11.7 Å². The van der Waals surface area contributed by atoms with E-state index in [-0.39, 0.29) is 11.3 Å². The van der Waals surface area contributed by atoms with Gasteiger partial charge in [-0.05, 0) is 31.0 Å². The fraction of sp³-hybridized carbons (Fsp3) is 0.222. The van der Waals surface area contributed by atoms with Crippen LogP contribution in [0.2, 0.25) is 0 Å². The van der Waals surface area contributed by atoms with Crippen molar-refractivity contribution in [2.45, 2.75) is 20.3 Å². The van der Waals surface area contributed by atoms with Crippen LogP contribution in [0.4, 0.5) is 13.2 Å². The van der Waals surface area contributed by atoms with E-state index in [1.165, 1.54) is 24.3 Å². The first-order valence-corrected chi connectivity index (χ1v) is 7.14. The molecule has 2 aromatic carbocycles. The first kappa shape index (κ1) is 16.1. The summed E-state index contributed by atoms with van der Waals surface area (Å²) in [6, 6.07) is 10.0. The maximum Gasteiger partial charge on any atom is 0.169 e. The summed E-state index contributed by atoms with van der Waals surface area (Å²) in [4.78, 5) is 0. The van der Waals surface area contributed by atoms with Crippen molar-refractivity contribution in [2.75, 3.05) is 6.61 Å². The minimum Gasteiger partial charge on any atom is -0.494 e. The van der Waals surface area contributed by atoms with Crippen molar-refractivity contribution in [3.05, 3.63) is 65.0 Å². The lowest BCUT2D eigenvalue weighted by Crippen LogP contribution is -1.94. The Morgan fingerprint density at radius 1 is 0.955 bits per heavy atom. The molecule has 2 aromatic rings. The zero-order valence-electron chi connectivity index (χ0n) is 12.5. The van der Waals surface area contributed by atoms with E-state index in [1.54, 1.807) is 19.1 Å². The van der Waals surface area contributed by atoms with Gasteiger partial charge in [0.2, 0.25) is 0 Å². The van der Waals surface area contributed by atoms with Gasteiger partial charge in [0.25, 0.3) is 0 Å². The second-order valence-corrected chi connectivity index (χ2v) is 4.75. The van der Waals surface area contributed by atoms with E-state index in [0.29, 0.717) is 6.61 Å². The predicted molar refractivity (Wildman–Crippen MR) is 82.4 cm³/mol. The Morgan fingerprint density at radius 3 is 2.18 bits per heavy atom. The van der Waals surface area contributed by atoms with Crippen molar-refractivity contribution in [3.8, 4) is 5.75 Å². The predicted octanol–water partition coefficient (Wildman–Crippen LogP) is 5.55. The SMILES string of the molecule is CCOc1ccc(/C(F)=C(\F)c2ccc(CC)cc2)c(F)c1. The normalized spacial score (nSPS) is 12.0. The molecule has 0 aliphatic heterocycles. The lowest BCUT2D eigenvalue weighted by molar-refractivity contribution is 0.338. The fourth-order valence-corrected chi connectivity index (χ4v) is 2.06. The maximum absolute atomic E-state index is 14.2. The highest BCUT2D eigenvalue weighted by atomic mass is 19.2. The molecule has 0 saturated carbocycles. The molecular weight excluding hydrogens is 289 g/mol. The standard InChI is InChI=1S/C18H17F3O/c1-3-12-5-7-13(8-6-12)17(20)18(21)15-10-9-14(22-4-2)11-16(15)19/h5-11H,3-4H2,1-2H3/b18-17+. The number of rotatable bonds is 5. The first-order chi connectivity index (χ1) is 10.6. The van der Waals surface area contributed by atoms with E-state index in [2.05, 4.69) is 0 Å². The van der Waals surface area contributed by atoms with Crippen LogP contribution in [-0.4, -0.2) is 6.61 Å². The molecule has 0 heterocycles. The monoisotopic (exact) mass is 306 g/mol. The van der Waals surface area contributed by atoms with Crippen LogP contribution in [0.5, 0.6) is 5.75 Å². The summed E-state index contributed by atoms with van der Waals surface area (Å²) in [5, 5.41) is 0. The lowest BCUT2D eigenvalue weighted by atomic mass is 10.1. The molecule has 0 aliphatic rings. The molecular formula is C18H17F3O. The molecule has 0 spiro atoms. The number of aryl methyl sites for hydroxylation is 1. The summed E-state index contributed by atoms with van der Waals surface area (Å²) in [5.41, 5.74) is 0.688. The molecule has 0 radical (unpaired) electrons.